The summed E-state index contributed by atoms with van der Waals surface area (Å²) >= 11 is 3.37. The van der Waals surface area contributed by atoms with Crippen LogP contribution in [0.2, 0.25) is 0 Å². The molecule has 2 amide bonds. The Hall–Kier alpha value is -2.67. The number of carbonyl (C=O) groups excluding carboxylic acids is 2. The third-order valence-corrected chi connectivity index (χ3v) is 4.64. The fourth-order valence-corrected chi connectivity index (χ4v) is 3.00. The molecule has 0 saturated carbocycles. The maximum Gasteiger partial charge on any atom is 0.245 e. The van der Waals surface area contributed by atoms with E-state index in [9.17, 15) is 9.59 Å². The molecule has 0 aromatic heterocycles. The Labute approximate surface area is 160 Å². The van der Waals surface area contributed by atoms with Gasteiger partial charge < -0.3 is 9.64 Å². The lowest BCUT2D eigenvalue weighted by Crippen LogP contribution is -2.30. The number of rotatable bonds is 5. The number of benzene rings is 2. The lowest BCUT2D eigenvalue weighted by Gasteiger charge is -2.16. The summed E-state index contributed by atoms with van der Waals surface area (Å²) in [5, 5.41) is 3.98. The van der Waals surface area contributed by atoms with Crippen LogP contribution in [0.4, 0.5) is 5.69 Å². The van der Waals surface area contributed by atoms with Crippen molar-refractivity contribution in [2.45, 2.75) is 6.42 Å². The van der Waals surface area contributed by atoms with Gasteiger partial charge in [-0.2, -0.15) is 5.10 Å². The van der Waals surface area contributed by atoms with E-state index in [-0.39, 0.29) is 18.2 Å². The molecule has 0 aliphatic carbocycles. The molecule has 0 bridgehead atoms. The van der Waals surface area contributed by atoms with Crippen LogP contribution in [0.1, 0.15) is 12.0 Å². The van der Waals surface area contributed by atoms with Gasteiger partial charge >= 0.3 is 0 Å². The SMILES string of the molecule is COc1cccc(/C=N\NC(=O)[C@@H]2CC(=O)N(c3ccc(Br)cc3)C2)c1. The molecule has 134 valence electrons. The number of carbonyl (C=O) groups is 2. The van der Waals surface area contributed by atoms with Crippen LogP contribution in [-0.2, 0) is 9.59 Å². The van der Waals surface area contributed by atoms with E-state index in [1.165, 1.54) is 0 Å². The fraction of sp³-hybridized carbons (Fsp3) is 0.211. The average molecular weight is 416 g/mol. The number of methoxy groups -OCH3 is 1. The largest absolute Gasteiger partial charge is 0.497 e. The molecule has 1 atom stereocenters. The fourth-order valence-electron chi connectivity index (χ4n) is 2.74. The normalized spacial score (nSPS) is 16.9. The van der Waals surface area contributed by atoms with E-state index in [4.69, 9.17) is 4.74 Å². The van der Waals surface area contributed by atoms with Crippen molar-refractivity contribution in [2.75, 3.05) is 18.6 Å². The van der Waals surface area contributed by atoms with Crippen LogP contribution in [0.5, 0.6) is 5.75 Å². The zero-order chi connectivity index (χ0) is 18.5. The van der Waals surface area contributed by atoms with Gasteiger partial charge in [-0.25, -0.2) is 5.43 Å². The number of ether oxygens (including phenoxy) is 1. The Balaban J connectivity index is 1.59. The Bertz CT molecular complexity index is 836. The first kappa shape index (κ1) is 18.1. The molecule has 1 heterocycles. The van der Waals surface area contributed by atoms with E-state index in [1.54, 1.807) is 18.2 Å². The van der Waals surface area contributed by atoms with Crippen LogP contribution in [0.15, 0.2) is 58.1 Å². The van der Waals surface area contributed by atoms with Gasteiger partial charge in [0.2, 0.25) is 11.8 Å². The summed E-state index contributed by atoms with van der Waals surface area (Å²) in [6.45, 7) is 0.348. The number of hydrazone groups is 1. The summed E-state index contributed by atoms with van der Waals surface area (Å²) in [7, 11) is 1.59. The number of hydrogen-bond donors (Lipinski definition) is 1. The maximum absolute atomic E-state index is 12.3. The standard InChI is InChI=1S/C19H18BrN3O3/c1-26-17-4-2-3-13(9-17)11-21-22-19(25)14-10-18(24)23(12-14)16-7-5-15(20)6-8-16/h2-9,11,14H,10,12H2,1H3,(H,22,25)/b21-11-/t14-/m1/s1. The Kier molecular flexibility index (Phi) is 5.68. The van der Waals surface area contributed by atoms with Gasteiger partial charge in [-0.1, -0.05) is 28.1 Å². The minimum atomic E-state index is -0.423. The summed E-state index contributed by atoms with van der Waals surface area (Å²) < 4.78 is 6.08. The van der Waals surface area contributed by atoms with Crippen LogP contribution < -0.4 is 15.1 Å². The molecular weight excluding hydrogens is 398 g/mol. The summed E-state index contributed by atoms with van der Waals surface area (Å²) in [5.74, 6) is -0.0400. The third kappa shape index (κ3) is 4.29. The van der Waals surface area contributed by atoms with Gasteiger partial charge in [0.25, 0.3) is 0 Å². The molecule has 0 spiro atoms. The summed E-state index contributed by atoms with van der Waals surface area (Å²) in [5.41, 5.74) is 4.11. The van der Waals surface area contributed by atoms with Crippen molar-refractivity contribution in [3.05, 3.63) is 58.6 Å². The molecule has 3 rings (SSSR count). The highest BCUT2D eigenvalue weighted by molar-refractivity contribution is 9.10. The average Bonchev–Trinajstić information content (AvgIpc) is 3.04. The van der Waals surface area contributed by atoms with Crippen molar-refractivity contribution in [3.8, 4) is 5.75 Å². The monoisotopic (exact) mass is 415 g/mol. The second-order valence-corrected chi connectivity index (χ2v) is 6.81. The molecule has 6 nitrogen and oxygen atoms in total. The zero-order valence-electron chi connectivity index (χ0n) is 14.2. The highest BCUT2D eigenvalue weighted by atomic mass is 79.9. The van der Waals surface area contributed by atoms with Gasteiger partial charge in [-0.15, -0.1) is 0 Å². The number of anilines is 1. The minimum absolute atomic E-state index is 0.0655. The van der Waals surface area contributed by atoms with Crippen molar-refractivity contribution in [1.29, 1.82) is 0 Å². The highest BCUT2D eigenvalue weighted by Crippen LogP contribution is 2.26. The molecule has 2 aromatic rings. The predicted molar refractivity (Wildman–Crippen MR) is 103 cm³/mol. The van der Waals surface area contributed by atoms with Crippen molar-refractivity contribution in [1.82, 2.24) is 5.43 Å². The van der Waals surface area contributed by atoms with Gasteiger partial charge in [0.1, 0.15) is 5.75 Å². The van der Waals surface area contributed by atoms with Gasteiger partial charge in [0, 0.05) is 23.1 Å². The van der Waals surface area contributed by atoms with E-state index in [0.29, 0.717) is 12.3 Å². The first-order valence-electron chi connectivity index (χ1n) is 8.09. The van der Waals surface area contributed by atoms with E-state index in [2.05, 4.69) is 26.5 Å². The molecule has 7 heteroatoms. The van der Waals surface area contributed by atoms with E-state index in [1.807, 2.05) is 48.5 Å². The topological polar surface area (TPSA) is 71.0 Å². The highest BCUT2D eigenvalue weighted by Gasteiger charge is 2.35. The molecule has 0 unspecified atom stereocenters. The van der Waals surface area contributed by atoms with Crippen molar-refractivity contribution < 1.29 is 14.3 Å². The first-order chi connectivity index (χ1) is 12.6. The third-order valence-electron chi connectivity index (χ3n) is 4.12. The number of hydrogen-bond acceptors (Lipinski definition) is 4. The molecular formula is C19H18BrN3O3. The molecule has 2 aromatic carbocycles. The van der Waals surface area contributed by atoms with Crippen LogP contribution in [0.25, 0.3) is 0 Å². The molecule has 1 aliphatic heterocycles. The molecule has 0 radical (unpaired) electrons. The second kappa shape index (κ2) is 8.14. The van der Waals surface area contributed by atoms with Crippen LogP contribution in [0.3, 0.4) is 0 Å². The molecule has 1 aliphatic rings. The summed E-state index contributed by atoms with van der Waals surface area (Å²) in [4.78, 5) is 26.1. The van der Waals surface area contributed by atoms with Crippen molar-refractivity contribution in [2.24, 2.45) is 11.0 Å². The first-order valence-corrected chi connectivity index (χ1v) is 8.89. The number of amides is 2. The smallest absolute Gasteiger partial charge is 0.245 e. The number of nitrogens with zero attached hydrogens (tertiary/aromatic N) is 2. The van der Waals surface area contributed by atoms with Gasteiger partial charge in [0.05, 0.1) is 19.2 Å². The van der Waals surface area contributed by atoms with Crippen molar-refractivity contribution in [3.63, 3.8) is 0 Å². The summed E-state index contributed by atoms with van der Waals surface area (Å²) in [6.07, 6.45) is 1.72. The lowest BCUT2D eigenvalue weighted by molar-refractivity contribution is -0.126. The van der Waals surface area contributed by atoms with E-state index in [0.717, 1.165) is 15.7 Å². The lowest BCUT2D eigenvalue weighted by atomic mass is 10.1. The predicted octanol–water partition coefficient (Wildman–Crippen LogP) is 2.96. The van der Waals surface area contributed by atoms with Crippen LogP contribution in [0, 0.1) is 5.92 Å². The quantitative estimate of drug-likeness (QED) is 0.602. The molecule has 1 N–H and O–H groups in total. The molecule has 1 fully saturated rings. The summed E-state index contributed by atoms with van der Waals surface area (Å²) in [6, 6.07) is 14.8. The number of nitrogens with one attached hydrogen (secondary N) is 1. The second-order valence-electron chi connectivity index (χ2n) is 5.89. The van der Waals surface area contributed by atoms with Crippen molar-refractivity contribution >= 4 is 39.6 Å². The zero-order valence-corrected chi connectivity index (χ0v) is 15.8. The van der Waals surface area contributed by atoms with Crippen LogP contribution in [-0.4, -0.2) is 31.7 Å². The Morgan fingerprint density at radius 2 is 2.08 bits per heavy atom. The maximum atomic E-state index is 12.3. The number of halogens is 1. The molecule has 1 saturated heterocycles. The van der Waals surface area contributed by atoms with Gasteiger partial charge in [0.15, 0.2) is 0 Å². The van der Waals surface area contributed by atoms with Crippen LogP contribution >= 0.6 is 15.9 Å². The van der Waals surface area contributed by atoms with Gasteiger partial charge in [-0.05, 0) is 42.0 Å². The van der Waals surface area contributed by atoms with E-state index >= 15 is 0 Å². The van der Waals surface area contributed by atoms with Gasteiger partial charge in [-0.3, -0.25) is 9.59 Å². The van der Waals surface area contributed by atoms with E-state index < -0.39 is 5.92 Å². The minimum Gasteiger partial charge on any atom is -0.497 e. The Morgan fingerprint density at radius 1 is 1.31 bits per heavy atom. The Morgan fingerprint density at radius 3 is 2.81 bits per heavy atom. The molecule has 26 heavy (non-hydrogen) atoms.